The molecule has 1 aliphatic rings. The van der Waals surface area contributed by atoms with E-state index >= 15 is 0 Å². The number of fused-ring (bicyclic) bond motifs is 1. The van der Waals surface area contributed by atoms with Crippen molar-refractivity contribution in [3.8, 4) is 5.75 Å². The van der Waals surface area contributed by atoms with Gasteiger partial charge in [0.05, 0.1) is 24.3 Å². The van der Waals surface area contributed by atoms with E-state index in [1.807, 2.05) is 13.1 Å². The van der Waals surface area contributed by atoms with E-state index in [4.69, 9.17) is 23.8 Å². The summed E-state index contributed by atoms with van der Waals surface area (Å²) in [7, 11) is -3.12. The molecule has 0 spiro atoms. The molecule has 2 atom stereocenters. The van der Waals surface area contributed by atoms with Gasteiger partial charge in [0, 0.05) is 6.92 Å². The standard InChI is InChI=1S/C14H21NO3.HO3P/c1-3-4-5-6-7-17-14-12-11(9-18-14)8-15-10(2)13(12)16;1-4(2)3/h8,14,16H,3-7,9H2,1-2H3;(H,1,2,3)/p+1. The van der Waals surface area contributed by atoms with Crippen molar-refractivity contribution in [3.63, 3.8) is 0 Å². The number of aromatic hydroxyl groups is 1. The maximum absolute atomic E-state index is 10.0. The number of hydrogen-bond donors (Lipinski definition) is 2. The minimum atomic E-state index is -3.12. The zero-order chi connectivity index (χ0) is 16.5. The SMILES string of the molecule is CCCCCCOC1OCc2c[nH+]c(C)c(O)c21.O=[P+]([O-])O. The highest BCUT2D eigenvalue weighted by molar-refractivity contribution is 7.29. The number of nitrogens with one attached hydrogen (secondary N) is 1. The van der Waals surface area contributed by atoms with Gasteiger partial charge in [0.1, 0.15) is 0 Å². The number of aromatic nitrogens is 1. The predicted molar refractivity (Wildman–Crippen MR) is 76.8 cm³/mol. The Morgan fingerprint density at radius 3 is 2.82 bits per heavy atom. The first-order valence-corrected chi connectivity index (χ1v) is 8.39. The highest BCUT2D eigenvalue weighted by Crippen LogP contribution is 2.37. The minimum Gasteiger partial charge on any atom is -0.567 e. The second kappa shape index (κ2) is 9.82. The molecule has 0 aliphatic carbocycles. The van der Waals surface area contributed by atoms with E-state index in [-0.39, 0.29) is 5.75 Å². The summed E-state index contributed by atoms with van der Waals surface area (Å²) >= 11 is 0. The molecule has 2 unspecified atom stereocenters. The molecular weight excluding hydrogens is 309 g/mol. The number of ether oxygens (including phenoxy) is 2. The summed E-state index contributed by atoms with van der Waals surface area (Å²) in [6, 6.07) is 0. The molecule has 0 saturated heterocycles. The Kier molecular flexibility index (Phi) is 8.45. The molecule has 0 amide bonds. The van der Waals surface area contributed by atoms with Crippen LogP contribution in [0.2, 0.25) is 0 Å². The van der Waals surface area contributed by atoms with Gasteiger partial charge in [-0.15, -0.1) is 0 Å². The van der Waals surface area contributed by atoms with Gasteiger partial charge in [-0.25, -0.2) is 4.98 Å². The van der Waals surface area contributed by atoms with Crippen LogP contribution in [0.1, 0.15) is 55.7 Å². The van der Waals surface area contributed by atoms with Gasteiger partial charge in [-0.3, -0.25) is 0 Å². The molecule has 8 heteroatoms. The highest BCUT2D eigenvalue weighted by atomic mass is 31.1. The fourth-order valence-electron chi connectivity index (χ4n) is 2.18. The number of unbranched alkanes of at least 4 members (excludes halogenated alkanes) is 3. The van der Waals surface area contributed by atoms with Crippen molar-refractivity contribution >= 4 is 8.25 Å². The Morgan fingerprint density at radius 1 is 1.50 bits per heavy atom. The van der Waals surface area contributed by atoms with Crippen molar-refractivity contribution in [2.24, 2.45) is 0 Å². The Morgan fingerprint density at radius 2 is 2.18 bits per heavy atom. The van der Waals surface area contributed by atoms with E-state index in [9.17, 15) is 5.11 Å². The molecule has 3 N–H and O–H groups in total. The Hall–Kier alpha value is -1.11. The molecule has 124 valence electrons. The molecule has 22 heavy (non-hydrogen) atoms. The number of rotatable bonds is 6. The first-order valence-electron chi connectivity index (χ1n) is 7.26. The van der Waals surface area contributed by atoms with Crippen molar-refractivity contribution in [2.45, 2.75) is 52.4 Å². The van der Waals surface area contributed by atoms with Crippen LogP contribution in [0.15, 0.2) is 6.20 Å². The second-order valence-electron chi connectivity index (χ2n) is 5.01. The third kappa shape index (κ3) is 5.94. The fourth-order valence-corrected chi connectivity index (χ4v) is 2.18. The summed E-state index contributed by atoms with van der Waals surface area (Å²) in [4.78, 5) is 18.6. The second-order valence-corrected chi connectivity index (χ2v) is 5.49. The van der Waals surface area contributed by atoms with Crippen LogP contribution in [-0.4, -0.2) is 16.6 Å². The normalized spacial score (nSPS) is 16.7. The van der Waals surface area contributed by atoms with Gasteiger partial charge in [-0.1, -0.05) is 26.2 Å². The van der Waals surface area contributed by atoms with E-state index in [0.29, 0.717) is 13.2 Å². The number of hydrogen-bond acceptors (Lipinski definition) is 5. The lowest BCUT2D eigenvalue weighted by atomic mass is 10.1. The lowest BCUT2D eigenvalue weighted by Gasteiger charge is -2.13. The molecule has 7 nitrogen and oxygen atoms in total. The van der Waals surface area contributed by atoms with Crippen LogP contribution in [0.4, 0.5) is 0 Å². The number of aryl methyl sites for hydroxylation is 1. The number of pyridine rings is 1. The smallest absolute Gasteiger partial charge is 0.485 e. The molecule has 2 rings (SSSR count). The van der Waals surface area contributed by atoms with Gasteiger partial charge in [0.2, 0.25) is 5.69 Å². The first kappa shape index (κ1) is 18.9. The molecule has 1 aromatic rings. The summed E-state index contributed by atoms with van der Waals surface area (Å²) < 4.78 is 19.9. The van der Waals surface area contributed by atoms with Crippen molar-refractivity contribution in [3.05, 3.63) is 23.0 Å². The van der Waals surface area contributed by atoms with Gasteiger partial charge >= 0.3 is 8.25 Å². The van der Waals surface area contributed by atoms with Crippen molar-refractivity contribution in [2.75, 3.05) is 6.61 Å². The summed E-state index contributed by atoms with van der Waals surface area (Å²) in [6.45, 7) is 5.21. The molecular formula is C14H23NO6P+. The Labute approximate surface area is 130 Å². The van der Waals surface area contributed by atoms with E-state index < -0.39 is 14.5 Å². The predicted octanol–water partition coefficient (Wildman–Crippen LogP) is 1.64. The fraction of sp³-hybridized carbons (Fsp3) is 0.643. The third-order valence-electron chi connectivity index (χ3n) is 3.31. The van der Waals surface area contributed by atoms with E-state index in [1.54, 1.807) is 0 Å². The zero-order valence-electron chi connectivity index (χ0n) is 12.9. The average molecular weight is 332 g/mol. The molecule has 0 bridgehead atoms. The lowest BCUT2D eigenvalue weighted by Crippen LogP contribution is -2.11. The Bertz CT molecular complexity index is 492. The van der Waals surface area contributed by atoms with Crippen molar-refractivity contribution in [1.29, 1.82) is 0 Å². The molecule has 0 saturated carbocycles. The molecule has 0 radical (unpaired) electrons. The number of H-pyrrole nitrogens is 1. The third-order valence-corrected chi connectivity index (χ3v) is 3.31. The van der Waals surface area contributed by atoms with Crippen molar-refractivity contribution in [1.82, 2.24) is 0 Å². The molecule has 2 heterocycles. The highest BCUT2D eigenvalue weighted by Gasteiger charge is 2.31. The summed E-state index contributed by atoms with van der Waals surface area (Å²) in [5, 5.41) is 10.0. The largest absolute Gasteiger partial charge is 0.567 e. The van der Waals surface area contributed by atoms with Crippen LogP contribution < -0.4 is 9.88 Å². The molecule has 0 fully saturated rings. The molecule has 1 aromatic heterocycles. The topological polar surface area (TPSA) is 113 Å². The van der Waals surface area contributed by atoms with E-state index in [2.05, 4.69) is 11.9 Å². The maximum Gasteiger partial charge on any atom is 0.485 e. The van der Waals surface area contributed by atoms with Crippen LogP contribution in [0, 0.1) is 6.92 Å². The van der Waals surface area contributed by atoms with E-state index in [0.717, 1.165) is 23.2 Å². The van der Waals surface area contributed by atoms with Crippen LogP contribution >= 0.6 is 8.25 Å². The molecule has 1 aliphatic heterocycles. The summed E-state index contributed by atoms with van der Waals surface area (Å²) in [6.07, 6.45) is 6.16. The van der Waals surface area contributed by atoms with Crippen LogP contribution in [0.3, 0.4) is 0 Å². The summed E-state index contributed by atoms with van der Waals surface area (Å²) in [5.41, 5.74) is 2.53. The van der Waals surface area contributed by atoms with Gasteiger partial charge in [0.15, 0.2) is 18.2 Å². The average Bonchev–Trinajstić information content (AvgIpc) is 2.86. The lowest BCUT2D eigenvalue weighted by molar-refractivity contribution is -0.389. The van der Waals surface area contributed by atoms with Gasteiger partial charge in [-0.2, -0.15) is 4.89 Å². The van der Waals surface area contributed by atoms with Gasteiger partial charge < -0.3 is 19.5 Å². The van der Waals surface area contributed by atoms with Gasteiger partial charge in [-0.05, 0) is 11.0 Å². The summed E-state index contributed by atoms with van der Waals surface area (Å²) in [5.74, 6) is 0.267. The van der Waals surface area contributed by atoms with Crippen LogP contribution in [0.5, 0.6) is 5.75 Å². The van der Waals surface area contributed by atoms with Gasteiger partial charge in [0.25, 0.3) is 0 Å². The monoisotopic (exact) mass is 332 g/mol. The van der Waals surface area contributed by atoms with Crippen LogP contribution in [-0.2, 0) is 20.6 Å². The van der Waals surface area contributed by atoms with E-state index in [1.165, 1.54) is 19.3 Å². The maximum atomic E-state index is 10.0. The van der Waals surface area contributed by atoms with Crippen molar-refractivity contribution < 1.29 is 33.9 Å². The quantitative estimate of drug-likeness (QED) is 0.605. The zero-order valence-corrected chi connectivity index (χ0v) is 13.8. The molecule has 0 aromatic carbocycles. The first-order chi connectivity index (χ1) is 10.5. The minimum absolute atomic E-state index is 0.267. The van der Waals surface area contributed by atoms with Crippen LogP contribution in [0.25, 0.3) is 0 Å². The Balaban J connectivity index is 0.000000541. The number of aromatic amines is 1.